The smallest absolute Gasteiger partial charge is 0.330 e. The zero-order valence-electron chi connectivity index (χ0n) is 8.92. The first kappa shape index (κ1) is 13.2. The Morgan fingerprint density at radius 3 is 2.78 bits per heavy atom. The van der Waals surface area contributed by atoms with Gasteiger partial charge in [0.15, 0.2) is 12.4 Å². The molecule has 9 heteroatoms. The van der Waals surface area contributed by atoms with Crippen LogP contribution in [0, 0.1) is 0 Å². The third kappa shape index (κ3) is 2.07. The monoisotopic (exact) mass is 280 g/mol. The standard InChI is InChI=1S/C9H10ClFN2O5/c10-3-1-13(9(17)12-7(3)16)8-5(11)6(15)4(2-14)18-8/h1,4-6,8,14-15H,2H2,(H,12,16,17)/t4-,5-,6-,8?/m1/s1. The van der Waals surface area contributed by atoms with Crippen molar-refractivity contribution in [3.05, 3.63) is 32.1 Å². The summed E-state index contributed by atoms with van der Waals surface area (Å²) in [5.41, 5.74) is -1.71. The number of halogens is 2. The van der Waals surface area contributed by atoms with Gasteiger partial charge in [-0.05, 0) is 0 Å². The van der Waals surface area contributed by atoms with Gasteiger partial charge in [-0.1, -0.05) is 11.6 Å². The number of nitrogens with zero attached hydrogens (tertiary/aromatic N) is 1. The third-order valence-corrected chi connectivity index (χ3v) is 2.94. The second kappa shape index (κ2) is 4.81. The molecule has 1 aliphatic heterocycles. The van der Waals surface area contributed by atoms with E-state index >= 15 is 0 Å². The molecule has 1 aromatic rings. The van der Waals surface area contributed by atoms with E-state index in [1.165, 1.54) is 0 Å². The molecule has 1 aromatic heterocycles. The van der Waals surface area contributed by atoms with E-state index in [-0.39, 0.29) is 5.02 Å². The van der Waals surface area contributed by atoms with Crippen molar-refractivity contribution in [2.45, 2.75) is 24.6 Å². The van der Waals surface area contributed by atoms with Crippen LogP contribution in [0.2, 0.25) is 5.02 Å². The first-order valence-electron chi connectivity index (χ1n) is 5.05. The van der Waals surface area contributed by atoms with E-state index in [0.29, 0.717) is 0 Å². The number of aromatic amines is 1. The Morgan fingerprint density at radius 2 is 2.22 bits per heavy atom. The summed E-state index contributed by atoms with van der Waals surface area (Å²) in [7, 11) is 0. The molecular formula is C9H10ClFN2O5. The number of H-pyrrole nitrogens is 1. The van der Waals surface area contributed by atoms with Crippen LogP contribution in [0.1, 0.15) is 6.23 Å². The first-order valence-corrected chi connectivity index (χ1v) is 5.43. The molecule has 1 unspecified atom stereocenters. The highest BCUT2D eigenvalue weighted by Gasteiger charge is 2.45. The molecule has 100 valence electrons. The Bertz CT molecular complexity index is 559. The molecule has 0 bridgehead atoms. The van der Waals surface area contributed by atoms with Crippen molar-refractivity contribution in [2.24, 2.45) is 0 Å². The zero-order valence-corrected chi connectivity index (χ0v) is 9.67. The second-order valence-electron chi connectivity index (χ2n) is 3.83. The van der Waals surface area contributed by atoms with Crippen LogP contribution < -0.4 is 11.2 Å². The van der Waals surface area contributed by atoms with E-state index in [4.69, 9.17) is 21.4 Å². The molecule has 18 heavy (non-hydrogen) atoms. The Labute approximate surface area is 104 Å². The number of hydrogen-bond donors (Lipinski definition) is 3. The zero-order chi connectivity index (χ0) is 13.4. The van der Waals surface area contributed by atoms with Gasteiger partial charge >= 0.3 is 5.69 Å². The Kier molecular flexibility index (Phi) is 3.53. The van der Waals surface area contributed by atoms with E-state index in [1.807, 2.05) is 4.98 Å². The van der Waals surface area contributed by atoms with Crippen LogP contribution in [-0.2, 0) is 4.74 Å². The Morgan fingerprint density at radius 1 is 1.56 bits per heavy atom. The third-order valence-electron chi connectivity index (χ3n) is 2.67. The van der Waals surface area contributed by atoms with Crippen molar-refractivity contribution in [1.29, 1.82) is 0 Å². The van der Waals surface area contributed by atoms with E-state index in [0.717, 1.165) is 10.8 Å². The van der Waals surface area contributed by atoms with Gasteiger partial charge < -0.3 is 14.9 Å². The van der Waals surface area contributed by atoms with Crippen molar-refractivity contribution in [3.63, 3.8) is 0 Å². The highest BCUT2D eigenvalue weighted by Crippen LogP contribution is 2.30. The van der Waals surface area contributed by atoms with Crippen LogP contribution >= 0.6 is 11.6 Å². The lowest BCUT2D eigenvalue weighted by atomic mass is 10.1. The van der Waals surface area contributed by atoms with Gasteiger partial charge in [0.25, 0.3) is 5.56 Å². The minimum absolute atomic E-state index is 0.313. The van der Waals surface area contributed by atoms with Gasteiger partial charge in [0, 0.05) is 6.20 Å². The molecule has 0 aromatic carbocycles. The minimum atomic E-state index is -1.91. The SMILES string of the molecule is O=c1[nH]c(=O)n(C2O[C@H](CO)[C@@H](O)[C@H]2F)cc1Cl. The van der Waals surface area contributed by atoms with Gasteiger partial charge in [0.1, 0.15) is 17.2 Å². The summed E-state index contributed by atoms with van der Waals surface area (Å²) in [4.78, 5) is 24.4. The maximum atomic E-state index is 13.7. The number of aromatic nitrogens is 2. The predicted octanol–water partition coefficient (Wildman–Crippen LogP) is -1.22. The van der Waals surface area contributed by atoms with Crippen molar-refractivity contribution >= 4 is 11.6 Å². The molecule has 4 atom stereocenters. The Hall–Kier alpha value is -1.22. The molecule has 2 rings (SSSR count). The van der Waals surface area contributed by atoms with Crippen molar-refractivity contribution in [1.82, 2.24) is 9.55 Å². The summed E-state index contributed by atoms with van der Waals surface area (Å²) < 4.78 is 19.5. The van der Waals surface area contributed by atoms with Gasteiger partial charge in [-0.3, -0.25) is 14.3 Å². The fourth-order valence-electron chi connectivity index (χ4n) is 1.73. The average molecular weight is 281 g/mol. The summed E-state index contributed by atoms with van der Waals surface area (Å²) in [6, 6.07) is 0. The first-order chi connectivity index (χ1) is 8.45. The second-order valence-corrected chi connectivity index (χ2v) is 4.23. The molecule has 0 aliphatic carbocycles. The molecule has 2 heterocycles. The predicted molar refractivity (Wildman–Crippen MR) is 58.2 cm³/mol. The van der Waals surface area contributed by atoms with Crippen molar-refractivity contribution < 1.29 is 19.3 Å². The van der Waals surface area contributed by atoms with Gasteiger partial charge in [-0.15, -0.1) is 0 Å². The minimum Gasteiger partial charge on any atom is -0.394 e. The van der Waals surface area contributed by atoms with Gasteiger partial charge in [-0.2, -0.15) is 0 Å². The molecule has 0 radical (unpaired) electrons. The molecule has 0 amide bonds. The topological polar surface area (TPSA) is 105 Å². The van der Waals surface area contributed by atoms with Crippen LogP contribution in [-0.4, -0.2) is 44.8 Å². The van der Waals surface area contributed by atoms with Crippen molar-refractivity contribution in [2.75, 3.05) is 6.61 Å². The number of aliphatic hydroxyl groups is 2. The summed E-state index contributed by atoms with van der Waals surface area (Å²) in [5, 5.41) is 18.0. The van der Waals surface area contributed by atoms with Crippen LogP contribution in [0.4, 0.5) is 4.39 Å². The fraction of sp³-hybridized carbons (Fsp3) is 0.556. The Balaban J connectivity index is 2.42. The summed E-state index contributed by atoms with van der Waals surface area (Å²) in [6.07, 6.45) is -5.13. The molecule has 7 nitrogen and oxygen atoms in total. The van der Waals surface area contributed by atoms with E-state index < -0.39 is 42.5 Å². The maximum Gasteiger partial charge on any atom is 0.330 e. The normalized spacial score (nSPS) is 31.8. The van der Waals surface area contributed by atoms with Crippen LogP contribution in [0.15, 0.2) is 15.8 Å². The number of alkyl halides is 1. The van der Waals surface area contributed by atoms with Crippen LogP contribution in [0.5, 0.6) is 0 Å². The fourth-order valence-corrected chi connectivity index (χ4v) is 1.88. The van der Waals surface area contributed by atoms with Gasteiger partial charge in [0.2, 0.25) is 0 Å². The summed E-state index contributed by atoms with van der Waals surface area (Å²) in [5.74, 6) is 0. The van der Waals surface area contributed by atoms with Gasteiger partial charge in [0.05, 0.1) is 6.61 Å². The number of ether oxygens (including phenoxy) is 1. The van der Waals surface area contributed by atoms with Gasteiger partial charge in [-0.25, -0.2) is 9.18 Å². The van der Waals surface area contributed by atoms with Crippen LogP contribution in [0.3, 0.4) is 0 Å². The summed E-state index contributed by atoms with van der Waals surface area (Å²) in [6.45, 7) is -0.593. The number of aliphatic hydroxyl groups excluding tert-OH is 2. The average Bonchev–Trinajstić information content (AvgIpc) is 2.61. The molecular weight excluding hydrogens is 271 g/mol. The van der Waals surface area contributed by atoms with Crippen LogP contribution in [0.25, 0.3) is 0 Å². The van der Waals surface area contributed by atoms with Crippen molar-refractivity contribution in [3.8, 4) is 0 Å². The number of hydrogen-bond acceptors (Lipinski definition) is 5. The quantitative estimate of drug-likeness (QED) is 0.630. The maximum absolute atomic E-state index is 13.7. The molecule has 0 spiro atoms. The lowest BCUT2D eigenvalue weighted by Gasteiger charge is -2.15. The van der Waals surface area contributed by atoms with E-state index in [9.17, 15) is 19.1 Å². The largest absolute Gasteiger partial charge is 0.394 e. The number of nitrogens with one attached hydrogen (secondary N) is 1. The molecule has 3 N–H and O–H groups in total. The lowest BCUT2D eigenvalue weighted by molar-refractivity contribution is -0.0491. The summed E-state index contributed by atoms with van der Waals surface area (Å²) >= 11 is 5.53. The highest BCUT2D eigenvalue weighted by atomic mass is 35.5. The van der Waals surface area contributed by atoms with E-state index in [2.05, 4.69) is 0 Å². The lowest BCUT2D eigenvalue weighted by Crippen LogP contribution is -2.36. The molecule has 1 fully saturated rings. The van der Waals surface area contributed by atoms with E-state index in [1.54, 1.807) is 0 Å². The molecule has 1 aliphatic rings. The molecule has 0 saturated carbocycles. The highest BCUT2D eigenvalue weighted by molar-refractivity contribution is 6.30. The number of rotatable bonds is 2. The molecule has 1 saturated heterocycles.